The SMILES string of the molecule is C=C(OC)/C(CCCC)=C1\OC(c2ccccc2)c2ccccc21. The molecule has 24 heavy (non-hydrogen) atoms. The highest BCUT2D eigenvalue weighted by atomic mass is 16.5. The maximum atomic E-state index is 6.44. The standard InChI is InChI=1S/C22H24O2/c1-4-5-13-18(16(2)23-3)22-20-15-10-9-14-19(20)21(24-22)17-11-7-6-8-12-17/h6-12,14-15,21H,2,4-5,13H2,1,3H3/b22-18-. The molecule has 1 atom stereocenters. The van der Waals surface area contributed by atoms with Crippen LogP contribution in [0.4, 0.5) is 0 Å². The van der Waals surface area contributed by atoms with Crippen LogP contribution in [-0.2, 0) is 9.47 Å². The number of hydrogen-bond acceptors (Lipinski definition) is 2. The molecule has 0 saturated carbocycles. The largest absolute Gasteiger partial charge is 0.497 e. The van der Waals surface area contributed by atoms with Crippen molar-refractivity contribution in [2.75, 3.05) is 7.11 Å². The van der Waals surface area contributed by atoms with Crippen LogP contribution in [0.15, 0.2) is 72.5 Å². The molecule has 0 spiro atoms. The Morgan fingerprint density at radius 2 is 1.79 bits per heavy atom. The normalized spacial score (nSPS) is 17.8. The Labute approximate surface area is 144 Å². The third kappa shape index (κ3) is 3.09. The number of rotatable bonds is 6. The lowest BCUT2D eigenvalue weighted by Gasteiger charge is -2.16. The summed E-state index contributed by atoms with van der Waals surface area (Å²) in [6.45, 7) is 6.27. The molecular weight excluding hydrogens is 296 g/mol. The van der Waals surface area contributed by atoms with Crippen LogP contribution >= 0.6 is 0 Å². The smallest absolute Gasteiger partial charge is 0.150 e. The summed E-state index contributed by atoms with van der Waals surface area (Å²) in [5, 5.41) is 0. The molecule has 0 aromatic heterocycles. The van der Waals surface area contributed by atoms with Crippen molar-refractivity contribution in [2.24, 2.45) is 0 Å². The lowest BCUT2D eigenvalue weighted by atomic mass is 9.96. The van der Waals surface area contributed by atoms with Crippen molar-refractivity contribution >= 4 is 5.76 Å². The summed E-state index contributed by atoms with van der Waals surface area (Å²) in [5.74, 6) is 1.61. The monoisotopic (exact) mass is 320 g/mol. The van der Waals surface area contributed by atoms with E-state index in [1.54, 1.807) is 7.11 Å². The maximum Gasteiger partial charge on any atom is 0.150 e. The van der Waals surface area contributed by atoms with Gasteiger partial charge in [-0.1, -0.05) is 74.5 Å². The fraction of sp³-hybridized carbons (Fsp3) is 0.273. The Morgan fingerprint density at radius 3 is 2.50 bits per heavy atom. The van der Waals surface area contributed by atoms with Crippen LogP contribution in [0, 0.1) is 0 Å². The van der Waals surface area contributed by atoms with E-state index in [0.717, 1.165) is 41.7 Å². The van der Waals surface area contributed by atoms with Gasteiger partial charge in [-0.3, -0.25) is 0 Å². The number of hydrogen-bond donors (Lipinski definition) is 0. The van der Waals surface area contributed by atoms with Gasteiger partial charge in [0.25, 0.3) is 0 Å². The number of unbranched alkanes of at least 4 members (excludes halogenated alkanes) is 1. The Kier molecular flexibility index (Phi) is 5.05. The molecule has 3 rings (SSSR count). The van der Waals surface area contributed by atoms with E-state index in [1.807, 2.05) is 6.07 Å². The van der Waals surface area contributed by atoms with E-state index >= 15 is 0 Å². The first-order valence-corrected chi connectivity index (χ1v) is 8.53. The molecular formula is C22H24O2. The average molecular weight is 320 g/mol. The van der Waals surface area contributed by atoms with Gasteiger partial charge in [-0.2, -0.15) is 0 Å². The molecule has 1 heterocycles. The topological polar surface area (TPSA) is 18.5 Å². The molecule has 0 amide bonds. The van der Waals surface area contributed by atoms with Crippen molar-refractivity contribution in [1.29, 1.82) is 0 Å². The van der Waals surface area contributed by atoms with Crippen LogP contribution < -0.4 is 0 Å². The highest BCUT2D eigenvalue weighted by Crippen LogP contribution is 2.45. The predicted molar refractivity (Wildman–Crippen MR) is 98.4 cm³/mol. The molecule has 2 heteroatoms. The van der Waals surface area contributed by atoms with E-state index in [0.29, 0.717) is 5.76 Å². The van der Waals surface area contributed by atoms with Crippen LogP contribution in [0.2, 0.25) is 0 Å². The third-order valence-electron chi connectivity index (χ3n) is 4.46. The molecule has 0 N–H and O–H groups in total. The molecule has 2 aromatic rings. The number of methoxy groups -OCH3 is 1. The molecule has 0 radical (unpaired) electrons. The molecule has 2 aromatic carbocycles. The molecule has 0 aliphatic carbocycles. The molecule has 0 bridgehead atoms. The first kappa shape index (κ1) is 16.4. The van der Waals surface area contributed by atoms with Gasteiger partial charge in [-0.25, -0.2) is 0 Å². The minimum atomic E-state index is -0.0707. The second-order valence-electron chi connectivity index (χ2n) is 6.03. The van der Waals surface area contributed by atoms with Gasteiger partial charge in [-0.05, 0) is 18.4 Å². The predicted octanol–water partition coefficient (Wildman–Crippen LogP) is 5.87. The van der Waals surface area contributed by atoms with E-state index in [4.69, 9.17) is 9.47 Å². The summed E-state index contributed by atoms with van der Waals surface area (Å²) >= 11 is 0. The zero-order chi connectivity index (χ0) is 16.9. The minimum Gasteiger partial charge on any atom is -0.497 e. The van der Waals surface area contributed by atoms with Crippen LogP contribution in [0.5, 0.6) is 0 Å². The van der Waals surface area contributed by atoms with Crippen molar-refractivity contribution in [3.8, 4) is 0 Å². The molecule has 0 saturated heterocycles. The summed E-state index contributed by atoms with van der Waals surface area (Å²) in [7, 11) is 1.67. The van der Waals surface area contributed by atoms with Crippen LogP contribution in [0.25, 0.3) is 5.76 Å². The number of fused-ring (bicyclic) bond motifs is 1. The van der Waals surface area contributed by atoms with Crippen molar-refractivity contribution < 1.29 is 9.47 Å². The summed E-state index contributed by atoms with van der Waals surface area (Å²) in [5.41, 5.74) is 4.59. The first-order chi connectivity index (χ1) is 11.8. The van der Waals surface area contributed by atoms with Crippen molar-refractivity contribution in [1.82, 2.24) is 0 Å². The fourth-order valence-corrected chi connectivity index (χ4v) is 3.14. The quantitative estimate of drug-likeness (QED) is 0.620. The highest BCUT2D eigenvalue weighted by molar-refractivity contribution is 5.73. The zero-order valence-electron chi connectivity index (χ0n) is 14.4. The van der Waals surface area contributed by atoms with Crippen LogP contribution in [0.1, 0.15) is 49.0 Å². The Morgan fingerprint density at radius 1 is 1.08 bits per heavy atom. The van der Waals surface area contributed by atoms with Gasteiger partial charge in [0.05, 0.1) is 7.11 Å². The molecule has 1 aliphatic heterocycles. The Bertz CT molecular complexity index is 744. The zero-order valence-corrected chi connectivity index (χ0v) is 14.4. The number of allylic oxidation sites excluding steroid dienone is 1. The number of benzene rings is 2. The third-order valence-corrected chi connectivity index (χ3v) is 4.46. The first-order valence-electron chi connectivity index (χ1n) is 8.53. The lowest BCUT2D eigenvalue weighted by Crippen LogP contribution is -2.00. The van der Waals surface area contributed by atoms with E-state index in [1.165, 1.54) is 5.56 Å². The van der Waals surface area contributed by atoms with Gasteiger partial charge in [0.2, 0.25) is 0 Å². The van der Waals surface area contributed by atoms with Crippen molar-refractivity contribution in [2.45, 2.75) is 32.3 Å². The molecule has 0 fully saturated rings. The van der Waals surface area contributed by atoms with E-state index in [2.05, 4.69) is 62.0 Å². The summed E-state index contributed by atoms with van der Waals surface area (Å²) in [6, 6.07) is 18.8. The number of ether oxygens (including phenoxy) is 2. The fourth-order valence-electron chi connectivity index (χ4n) is 3.14. The second-order valence-corrected chi connectivity index (χ2v) is 6.03. The van der Waals surface area contributed by atoms with Gasteiger partial charge >= 0.3 is 0 Å². The van der Waals surface area contributed by atoms with Gasteiger partial charge in [0, 0.05) is 16.7 Å². The summed E-state index contributed by atoms with van der Waals surface area (Å²) in [4.78, 5) is 0. The van der Waals surface area contributed by atoms with E-state index < -0.39 is 0 Å². The van der Waals surface area contributed by atoms with E-state index in [9.17, 15) is 0 Å². The van der Waals surface area contributed by atoms with Crippen molar-refractivity contribution in [3.63, 3.8) is 0 Å². The average Bonchev–Trinajstić information content (AvgIpc) is 3.02. The van der Waals surface area contributed by atoms with Gasteiger partial charge in [0.1, 0.15) is 17.6 Å². The Hall–Kier alpha value is -2.48. The lowest BCUT2D eigenvalue weighted by molar-refractivity contribution is 0.222. The van der Waals surface area contributed by atoms with Crippen LogP contribution in [-0.4, -0.2) is 7.11 Å². The summed E-state index contributed by atoms with van der Waals surface area (Å²) in [6.07, 6.45) is 3.05. The molecule has 124 valence electrons. The highest BCUT2D eigenvalue weighted by Gasteiger charge is 2.31. The van der Waals surface area contributed by atoms with E-state index in [-0.39, 0.29) is 6.10 Å². The maximum absolute atomic E-state index is 6.44. The molecule has 2 nitrogen and oxygen atoms in total. The summed E-state index contributed by atoms with van der Waals surface area (Å²) < 4.78 is 11.9. The van der Waals surface area contributed by atoms with Gasteiger partial charge in [-0.15, -0.1) is 0 Å². The second kappa shape index (κ2) is 7.39. The minimum absolute atomic E-state index is 0.0707. The molecule has 1 unspecified atom stereocenters. The van der Waals surface area contributed by atoms with Gasteiger partial charge < -0.3 is 9.47 Å². The van der Waals surface area contributed by atoms with Crippen LogP contribution in [0.3, 0.4) is 0 Å². The van der Waals surface area contributed by atoms with Gasteiger partial charge in [0.15, 0.2) is 0 Å². The molecule has 1 aliphatic rings. The van der Waals surface area contributed by atoms with Crippen molar-refractivity contribution in [3.05, 3.63) is 89.2 Å². The Balaban J connectivity index is 2.09.